The number of carboxylic acids is 1. The number of rotatable bonds is 6. The molecular weight excluding hydrogens is 384 g/mol. The molecule has 0 bridgehead atoms. The number of amides is 1. The molecule has 1 fully saturated rings. The Morgan fingerprint density at radius 2 is 2.17 bits per heavy atom. The number of unbranched alkanes of at least 4 members (excludes halogenated alkanes) is 1. The van der Waals surface area contributed by atoms with Gasteiger partial charge in [-0.1, -0.05) is 19.4 Å². The van der Waals surface area contributed by atoms with Crippen LogP contribution in [0.1, 0.15) is 51.0 Å². The minimum Gasteiger partial charge on any atom is -0.480 e. The van der Waals surface area contributed by atoms with Gasteiger partial charge in [-0.3, -0.25) is 9.69 Å². The van der Waals surface area contributed by atoms with Crippen molar-refractivity contribution >= 4 is 34.3 Å². The normalized spacial score (nSPS) is 18.3. The number of H-pyrrole nitrogens is 1. The van der Waals surface area contributed by atoms with E-state index in [1.165, 1.54) is 30.5 Å². The summed E-state index contributed by atoms with van der Waals surface area (Å²) in [6.45, 7) is 3.58. The van der Waals surface area contributed by atoms with Gasteiger partial charge in [0.15, 0.2) is 0 Å². The lowest BCUT2D eigenvalue weighted by molar-refractivity contribution is -0.140. The summed E-state index contributed by atoms with van der Waals surface area (Å²) in [6.07, 6.45) is 10.6. The molecule has 1 unspecified atom stereocenters. The van der Waals surface area contributed by atoms with Crippen molar-refractivity contribution in [1.29, 1.82) is 0 Å². The van der Waals surface area contributed by atoms with Crippen molar-refractivity contribution < 1.29 is 19.8 Å². The maximum Gasteiger partial charge on any atom is 0.329 e. The SMILES string of the molecule is CCCCC(=O)Nc1ccc2[nH]cc(C3=CCN4CCCC4C3)c2n1.O=C(O)CO. The van der Waals surface area contributed by atoms with Gasteiger partial charge in [-0.05, 0) is 49.9 Å². The molecule has 0 radical (unpaired) electrons. The van der Waals surface area contributed by atoms with E-state index < -0.39 is 12.6 Å². The van der Waals surface area contributed by atoms with E-state index >= 15 is 0 Å². The molecule has 1 amide bonds. The summed E-state index contributed by atoms with van der Waals surface area (Å²) in [4.78, 5) is 31.7. The molecule has 1 atom stereocenters. The number of carboxylic acid groups (broad SMARTS) is 1. The Balaban J connectivity index is 0.000000461. The van der Waals surface area contributed by atoms with Crippen LogP contribution in [0.5, 0.6) is 0 Å². The first-order valence-electron chi connectivity index (χ1n) is 10.6. The maximum atomic E-state index is 12.0. The standard InChI is InChI=1S/C20H26N4O.C2H4O3/c1-2-3-6-19(25)22-18-8-7-17-20(23-18)16(13-21-17)14-9-11-24-10-4-5-15(24)12-14;3-1-2(4)5/h7-9,13,15,21H,2-6,10-12H2,1H3,(H,22,23,25);3H,1H2,(H,4,5). The van der Waals surface area contributed by atoms with Gasteiger partial charge in [0.05, 0.1) is 11.0 Å². The number of pyridine rings is 1. The number of hydrogen-bond donors (Lipinski definition) is 4. The van der Waals surface area contributed by atoms with Crippen LogP contribution in [0.3, 0.4) is 0 Å². The van der Waals surface area contributed by atoms with Crippen LogP contribution in [0, 0.1) is 0 Å². The molecule has 8 heteroatoms. The van der Waals surface area contributed by atoms with E-state index in [1.54, 1.807) is 0 Å². The monoisotopic (exact) mass is 414 g/mol. The van der Waals surface area contributed by atoms with Crippen LogP contribution >= 0.6 is 0 Å². The van der Waals surface area contributed by atoms with Gasteiger partial charge in [0.1, 0.15) is 12.4 Å². The summed E-state index contributed by atoms with van der Waals surface area (Å²) < 4.78 is 0. The van der Waals surface area contributed by atoms with Gasteiger partial charge in [-0.2, -0.15) is 0 Å². The van der Waals surface area contributed by atoms with Crippen molar-refractivity contribution in [3.63, 3.8) is 0 Å². The first kappa shape index (κ1) is 22.0. The highest BCUT2D eigenvalue weighted by molar-refractivity contribution is 5.94. The third-order valence-electron chi connectivity index (χ3n) is 5.56. The molecule has 8 nitrogen and oxygen atoms in total. The second-order valence-electron chi connectivity index (χ2n) is 7.72. The second kappa shape index (κ2) is 10.4. The molecule has 0 aromatic carbocycles. The van der Waals surface area contributed by atoms with E-state index in [4.69, 9.17) is 20.0 Å². The number of aliphatic hydroxyl groups is 1. The molecule has 30 heavy (non-hydrogen) atoms. The van der Waals surface area contributed by atoms with Gasteiger partial charge in [-0.25, -0.2) is 9.78 Å². The highest BCUT2D eigenvalue weighted by Crippen LogP contribution is 2.34. The quantitative estimate of drug-likeness (QED) is 0.577. The lowest BCUT2D eigenvalue weighted by atomic mass is 9.95. The minimum absolute atomic E-state index is 0.0456. The average Bonchev–Trinajstić information content (AvgIpc) is 3.38. The average molecular weight is 415 g/mol. The molecule has 4 N–H and O–H groups in total. The topological polar surface area (TPSA) is 119 Å². The number of carbonyl (C=O) groups excluding carboxylic acids is 1. The van der Waals surface area contributed by atoms with Crippen LogP contribution < -0.4 is 5.32 Å². The van der Waals surface area contributed by atoms with Crippen LogP contribution in [-0.2, 0) is 9.59 Å². The lowest BCUT2D eigenvalue weighted by Gasteiger charge is -2.28. The van der Waals surface area contributed by atoms with E-state index in [-0.39, 0.29) is 5.91 Å². The third kappa shape index (κ3) is 5.46. The summed E-state index contributed by atoms with van der Waals surface area (Å²) in [6, 6.07) is 4.56. The van der Waals surface area contributed by atoms with Crippen LogP contribution in [0.4, 0.5) is 5.82 Å². The Morgan fingerprint density at radius 3 is 2.90 bits per heavy atom. The predicted molar refractivity (Wildman–Crippen MR) is 116 cm³/mol. The number of anilines is 1. The van der Waals surface area contributed by atoms with E-state index in [9.17, 15) is 4.79 Å². The molecule has 0 saturated carbocycles. The third-order valence-corrected chi connectivity index (χ3v) is 5.56. The first-order chi connectivity index (χ1) is 14.5. The van der Waals surface area contributed by atoms with Crippen molar-refractivity contribution in [3.8, 4) is 0 Å². The number of nitrogens with one attached hydrogen (secondary N) is 2. The Bertz CT molecular complexity index is 921. The Kier molecular flexibility index (Phi) is 7.59. The summed E-state index contributed by atoms with van der Waals surface area (Å²) in [5.41, 5.74) is 4.56. The zero-order valence-electron chi connectivity index (χ0n) is 17.4. The predicted octanol–water partition coefficient (Wildman–Crippen LogP) is 3.01. The van der Waals surface area contributed by atoms with Crippen LogP contribution in [0.15, 0.2) is 24.4 Å². The van der Waals surface area contributed by atoms with Crippen LogP contribution in [0.2, 0.25) is 0 Å². The van der Waals surface area contributed by atoms with E-state index in [0.717, 1.165) is 36.8 Å². The molecule has 4 rings (SSSR count). The lowest BCUT2D eigenvalue weighted by Crippen LogP contribution is -2.32. The Morgan fingerprint density at radius 1 is 1.37 bits per heavy atom. The molecule has 1 saturated heterocycles. The van der Waals surface area contributed by atoms with Crippen molar-refractivity contribution in [3.05, 3.63) is 30.0 Å². The summed E-state index contributed by atoms with van der Waals surface area (Å²) in [7, 11) is 0. The summed E-state index contributed by atoms with van der Waals surface area (Å²) in [5.74, 6) is -0.498. The van der Waals surface area contributed by atoms with Gasteiger partial charge >= 0.3 is 5.97 Å². The molecule has 2 aliphatic rings. The maximum absolute atomic E-state index is 12.0. The van der Waals surface area contributed by atoms with Crippen molar-refractivity contribution in [2.24, 2.45) is 0 Å². The number of carbonyl (C=O) groups is 2. The number of aromatic nitrogens is 2. The van der Waals surface area contributed by atoms with E-state index in [2.05, 4.69) is 34.4 Å². The molecule has 2 aromatic heterocycles. The Labute approximate surface area is 176 Å². The molecule has 2 aliphatic heterocycles. The van der Waals surface area contributed by atoms with E-state index in [1.807, 2.05) is 12.1 Å². The molecule has 2 aromatic rings. The highest BCUT2D eigenvalue weighted by atomic mass is 16.4. The zero-order chi connectivity index (χ0) is 21.5. The fourth-order valence-electron chi connectivity index (χ4n) is 4.01. The van der Waals surface area contributed by atoms with Gasteiger partial charge in [0.25, 0.3) is 0 Å². The number of fused-ring (bicyclic) bond motifs is 2. The summed E-state index contributed by atoms with van der Waals surface area (Å²) in [5, 5.41) is 18.0. The van der Waals surface area contributed by atoms with Gasteiger partial charge in [0.2, 0.25) is 5.91 Å². The number of aliphatic hydroxyl groups excluding tert-OH is 1. The number of aromatic amines is 1. The fourth-order valence-corrected chi connectivity index (χ4v) is 4.01. The molecule has 162 valence electrons. The molecule has 0 aliphatic carbocycles. The second-order valence-corrected chi connectivity index (χ2v) is 7.72. The smallest absolute Gasteiger partial charge is 0.329 e. The highest BCUT2D eigenvalue weighted by Gasteiger charge is 2.28. The number of hydrogen-bond acceptors (Lipinski definition) is 5. The molecular formula is C22H30N4O4. The van der Waals surface area contributed by atoms with Crippen molar-refractivity contribution in [2.75, 3.05) is 25.0 Å². The van der Waals surface area contributed by atoms with E-state index in [0.29, 0.717) is 18.3 Å². The van der Waals surface area contributed by atoms with Crippen molar-refractivity contribution in [1.82, 2.24) is 14.9 Å². The van der Waals surface area contributed by atoms with Crippen LogP contribution in [0.25, 0.3) is 16.6 Å². The Hall–Kier alpha value is -2.71. The number of nitrogens with zero attached hydrogens (tertiary/aromatic N) is 2. The van der Waals surface area contributed by atoms with Crippen molar-refractivity contribution in [2.45, 2.75) is 51.5 Å². The summed E-state index contributed by atoms with van der Waals surface area (Å²) >= 11 is 0. The zero-order valence-corrected chi connectivity index (χ0v) is 17.4. The largest absolute Gasteiger partial charge is 0.480 e. The van der Waals surface area contributed by atoms with Gasteiger partial charge in [0, 0.05) is 30.8 Å². The first-order valence-corrected chi connectivity index (χ1v) is 10.6. The molecule has 0 spiro atoms. The van der Waals surface area contributed by atoms with Crippen LogP contribution in [-0.4, -0.2) is 62.7 Å². The fraction of sp³-hybridized carbons (Fsp3) is 0.500. The van der Waals surface area contributed by atoms with Gasteiger partial charge < -0.3 is 20.5 Å². The molecule has 4 heterocycles. The minimum atomic E-state index is -1.19. The van der Waals surface area contributed by atoms with Gasteiger partial charge in [-0.15, -0.1) is 0 Å². The number of aliphatic carboxylic acids is 1.